The van der Waals surface area contributed by atoms with E-state index in [2.05, 4.69) is 6.92 Å². The Balaban J connectivity index is 1.59. The molecular formula is C24H34O7. The molecule has 3 fully saturated rings. The van der Waals surface area contributed by atoms with Crippen LogP contribution >= 0.6 is 0 Å². The van der Waals surface area contributed by atoms with Crippen LogP contribution in [-0.2, 0) is 19.1 Å². The van der Waals surface area contributed by atoms with Crippen LogP contribution in [0.15, 0.2) is 11.6 Å². The predicted molar refractivity (Wildman–Crippen MR) is 111 cm³/mol. The molecule has 0 unspecified atom stereocenters. The number of fused-ring (bicyclic) bond motifs is 5. The first-order chi connectivity index (χ1) is 14.6. The van der Waals surface area contributed by atoms with E-state index in [9.17, 15) is 24.6 Å². The number of hydrogen-bond donors (Lipinski definition) is 2. The molecule has 0 aromatic rings. The van der Waals surface area contributed by atoms with E-state index in [1.165, 1.54) is 0 Å². The lowest BCUT2D eigenvalue weighted by Gasteiger charge is -2.60. The zero-order valence-electron chi connectivity index (χ0n) is 18.7. The zero-order chi connectivity index (χ0) is 22.6. The average molecular weight is 435 g/mol. The van der Waals surface area contributed by atoms with Gasteiger partial charge in [0.1, 0.15) is 5.60 Å². The molecule has 31 heavy (non-hydrogen) atoms. The van der Waals surface area contributed by atoms with Gasteiger partial charge < -0.3 is 19.7 Å². The van der Waals surface area contributed by atoms with Crippen LogP contribution in [0.4, 0.5) is 4.79 Å². The fraction of sp³-hybridized carbons (Fsp3) is 0.792. The summed E-state index contributed by atoms with van der Waals surface area (Å²) in [6.45, 7) is 5.34. The van der Waals surface area contributed by atoms with E-state index >= 15 is 0 Å². The topological polar surface area (TPSA) is 110 Å². The lowest BCUT2D eigenvalue weighted by molar-refractivity contribution is -0.182. The number of rotatable bonds is 4. The van der Waals surface area contributed by atoms with E-state index < -0.39 is 35.7 Å². The van der Waals surface area contributed by atoms with Crippen LogP contribution in [0.3, 0.4) is 0 Å². The Labute approximate surface area is 183 Å². The number of Topliss-reactive ketones (excluding diaryl/α,β-unsaturated/α-hetero) is 1. The van der Waals surface area contributed by atoms with Gasteiger partial charge in [-0.2, -0.15) is 0 Å². The zero-order valence-corrected chi connectivity index (χ0v) is 18.7. The van der Waals surface area contributed by atoms with Crippen LogP contribution in [0.1, 0.15) is 65.7 Å². The van der Waals surface area contributed by atoms with Gasteiger partial charge in [-0.3, -0.25) is 9.59 Å². The molecule has 0 amide bonds. The molecule has 7 heteroatoms. The minimum absolute atomic E-state index is 0.0203. The normalized spacial score (nSPS) is 43.9. The van der Waals surface area contributed by atoms with Gasteiger partial charge in [-0.25, -0.2) is 4.79 Å². The summed E-state index contributed by atoms with van der Waals surface area (Å²) >= 11 is 0. The predicted octanol–water partition coefficient (Wildman–Crippen LogP) is 2.96. The van der Waals surface area contributed by atoms with E-state index in [0.29, 0.717) is 25.7 Å². The molecule has 0 spiro atoms. The van der Waals surface area contributed by atoms with Crippen molar-refractivity contribution in [2.24, 2.45) is 28.6 Å². The maximum Gasteiger partial charge on any atom is 0.508 e. The van der Waals surface area contributed by atoms with Gasteiger partial charge in [-0.05, 0) is 74.7 Å². The Kier molecular flexibility index (Phi) is 5.58. The Morgan fingerprint density at radius 3 is 2.61 bits per heavy atom. The monoisotopic (exact) mass is 434 g/mol. The summed E-state index contributed by atoms with van der Waals surface area (Å²) in [4.78, 5) is 36.5. The second kappa shape index (κ2) is 7.69. The van der Waals surface area contributed by atoms with Gasteiger partial charge in [0.15, 0.2) is 12.4 Å². The van der Waals surface area contributed by atoms with E-state index in [0.717, 1.165) is 24.8 Å². The number of carbonyl (C=O) groups excluding carboxylic acids is 3. The third-order valence-corrected chi connectivity index (χ3v) is 9.09. The fourth-order valence-corrected chi connectivity index (χ4v) is 7.55. The number of aliphatic hydroxyl groups is 2. The molecule has 3 saturated carbocycles. The van der Waals surface area contributed by atoms with Crippen LogP contribution < -0.4 is 0 Å². The molecule has 4 rings (SSSR count). The van der Waals surface area contributed by atoms with Crippen molar-refractivity contribution in [2.75, 3.05) is 13.2 Å². The second-order valence-corrected chi connectivity index (χ2v) is 10.4. The molecule has 0 aromatic heterocycles. The Bertz CT molecular complexity index is 819. The fourth-order valence-electron chi connectivity index (χ4n) is 7.55. The van der Waals surface area contributed by atoms with Crippen LogP contribution in [0.5, 0.6) is 0 Å². The average Bonchev–Trinajstić information content (AvgIpc) is 2.98. The summed E-state index contributed by atoms with van der Waals surface area (Å²) in [5.74, 6) is -0.0668. The van der Waals surface area contributed by atoms with Gasteiger partial charge in [0.25, 0.3) is 0 Å². The molecule has 0 aromatic carbocycles. The molecule has 0 radical (unpaired) electrons. The summed E-state index contributed by atoms with van der Waals surface area (Å²) < 4.78 is 9.62. The summed E-state index contributed by atoms with van der Waals surface area (Å²) in [5, 5.41) is 22.9. The number of aliphatic hydroxyl groups excluding tert-OH is 1. The maximum atomic E-state index is 13.0. The van der Waals surface area contributed by atoms with E-state index in [-0.39, 0.29) is 35.6 Å². The lowest BCUT2D eigenvalue weighted by atomic mass is 9.45. The summed E-state index contributed by atoms with van der Waals surface area (Å²) in [6.07, 6.45) is 4.43. The first-order valence-corrected chi connectivity index (χ1v) is 11.5. The maximum absolute atomic E-state index is 13.0. The van der Waals surface area contributed by atoms with Gasteiger partial charge in [0.05, 0.1) is 12.7 Å². The Morgan fingerprint density at radius 1 is 1.16 bits per heavy atom. The van der Waals surface area contributed by atoms with Crippen molar-refractivity contribution in [3.05, 3.63) is 11.6 Å². The summed E-state index contributed by atoms with van der Waals surface area (Å²) in [7, 11) is 0. The SMILES string of the molecule is CCOC(=O)OCC(=O)[C@@]1(O)CC[C@H]2[C@@H]3CCC4=CC(=O)CC[C@]4(C)[C@H]3[C@H](O)C[C@@]21C. The molecule has 4 aliphatic rings. The highest BCUT2D eigenvalue weighted by Gasteiger charge is 2.68. The van der Waals surface area contributed by atoms with Gasteiger partial charge in [-0.1, -0.05) is 19.4 Å². The molecule has 2 N–H and O–H groups in total. The first kappa shape index (κ1) is 22.5. The van der Waals surface area contributed by atoms with Crippen molar-refractivity contribution < 1.29 is 34.1 Å². The first-order valence-electron chi connectivity index (χ1n) is 11.5. The third-order valence-electron chi connectivity index (χ3n) is 9.09. The molecule has 0 bridgehead atoms. The largest absolute Gasteiger partial charge is 0.508 e. The summed E-state index contributed by atoms with van der Waals surface area (Å²) in [6, 6.07) is 0. The van der Waals surface area contributed by atoms with Crippen molar-refractivity contribution in [1.82, 2.24) is 0 Å². The van der Waals surface area contributed by atoms with Crippen molar-refractivity contribution in [3.63, 3.8) is 0 Å². The molecule has 7 atom stereocenters. The van der Waals surface area contributed by atoms with Crippen LogP contribution in [0.2, 0.25) is 0 Å². The number of allylic oxidation sites excluding steroid dienone is 1. The minimum atomic E-state index is -1.64. The molecule has 0 aliphatic heterocycles. The lowest BCUT2D eigenvalue weighted by Crippen LogP contribution is -2.62. The Morgan fingerprint density at radius 2 is 1.90 bits per heavy atom. The molecule has 7 nitrogen and oxygen atoms in total. The van der Waals surface area contributed by atoms with E-state index in [4.69, 9.17) is 9.47 Å². The van der Waals surface area contributed by atoms with Gasteiger partial charge in [0.2, 0.25) is 5.78 Å². The van der Waals surface area contributed by atoms with Gasteiger partial charge in [-0.15, -0.1) is 0 Å². The molecule has 4 aliphatic carbocycles. The van der Waals surface area contributed by atoms with Crippen molar-refractivity contribution in [2.45, 2.75) is 77.4 Å². The smallest absolute Gasteiger partial charge is 0.435 e. The molecule has 0 heterocycles. The second-order valence-electron chi connectivity index (χ2n) is 10.4. The van der Waals surface area contributed by atoms with Crippen molar-refractivity contribution in [1.29, 1.82) is 0 Å². The van der Waals surface area contributed by atoms with Crippen LogP contribution in [0, 0.1) is 28.6 Å². The van der Waals surface area contributed by atoms with Gasteiger partial charge in [0, 0.05) is 11.8 Å². The molecule has 172 valence electrons. The van der Waals surface area contributed by atoms with E-state index in [1.807, 2.05) is 6.92 Å². The summed E-state index contributed by atoms with van der Waals surface area (Å²) in [5.41, 5.74) is -1.49. The molecular weight excluding hydrogens is 400 g/mol. The Hall–Kier alpha value is -1.73. The third kappa shape index (κ3) is 3.27. The van der Waals surface area contributed by atoms with Crippen molar-refractivity contribution in [3.8, 4) is 0 Å². The number of ketones is 2. The number of hydrogen-bond acceptors (Lipinski definition) is 7. The van der Waals surface area contributed by atoms with E-state index in [1.54, 1.807) is 13.0 Å². The van der Waals surface area contributed by atoms with Gasteiger partial charge >= 0.3 is 6.16 Å². The van der Waals surface area contributed by atoms with Crippen LogP contribution in [0.25, 0.3) is 0 Å². The van der Waals surface area contributed by atoms with Crippen LogP contribution in [-0.4, -0.2) is 52.9 Å². The standard InChI is InChI=1S/C24H34O7/c1-4-30-21(28)31-13-19(27)24(29)10-8-17-16-6-5-14-11-15(25)7-9-22(14,2)20(16)18(26)12-23(17,24)3/h11,16-18,20,26,29H,4-10,12-13H2,1-3H3/t16-,17-,18+,20+,22-,23-,24-/m0/s1. The highest BCUT2D eigenvalue weighted by Crippen LogP contribution is 2.67. The quantitative estimate of drug-likeness (QED) is 0.655. The molecule has 0 saturated heterocycles. The minimum Gasteiger partial charge on any atom is -0.435 e. The highest BCUT2D eigenvalue weighted by molar-refractivity contribution is 5.92. The van der Waals surface area contributed by atoms with Crippen molar-refractivity contribution >= 4 is 17.7 Å². The number of ether oxygens (including phenoxy) is 2. The highest BCUT2D eigenvalue weighted by atomic mass is 16.7. The number of carbonyl (C=O) groups is 3.